The highest BCUT2D eigenvalue weighted by atomic mass is 16.4. The topological polar surface area (TPSA) is 81.2 Å². The van der Waals surface area contributed by atoms with E-state index in [1.165, 1.54) is 0 Å². The minimum atomic E-state index is -0.372. The quantitative estimate of drug-likeness (QED) is 0.889. The van der Waals surface area contributed by atoms with Crippen LogP contribution in [0.15, 0.2) is 34.7 Å². The van der Waals surface area contributed by atoms with Crippen LogP contribution in [0.1, 0.15) is 36.0 Å². The Kier molecular flexibility index (Phi) is 3.74. The van der Waals surface area contributed by atoms with E-state index in [0.29, 0.717) is 24.0 Å². The number of aromatic nitrogens is 1. The van der Waals surface area contributed by atoms with Gasteiger partial charge in [-0.3, -0.25) is 4.79 Å². The fraction of sp³-hybridized carbons (Fsp3) is 0.412. The number of rotatable bonds is 5. The molecule has 22 heavy (non-hydrogen) atoms. The molecule has 0 saturated heterocycles. The molecule has 1 aromatic heterocycles. The molecule has 1 atom stereocenters. The van der Waals surface area contributed by atoms with Crippen molar-refractivity contribution in [3.63, 3.8) is 0 Å². The molecule has 0 radical (unpaired) electrons. The van der Waals surface area contributed by atoms with E-state index in [2.05, 4.69) is 10.3 Å². The van der Waals surface area contributed by atoms with Gasteiger partial charge in [-0.25, -0.2) is 4.98 Å². The van der Waals surface area contributed by atoms with Crippen LogP contribution >= 0.6 is 0 Å². The number of nitrogens with two attached hydrogens (primary N) is 1. The maximum atomic E-state index is 12.5. The highest BCUT2D eigenvalue weighted by Crippen LogP contribution is 2.39. The van der Waals surface area contributed by atoms with Gasteiger partial charge in [-0.1, -0.05) is 18.2 Å². The number of hydrogen-bond donors (Lipinski definition) is 2. The van der Waals surface area contributed by atoms with Crippen LogP contribution in [0.2, 0.25) is 0 Å². The van der Waals surface area contributed by atoms with Crippen LogP contribution in [0, 0.1) is 12.8 Å². The maximum absolute atomic E-state index is 12.5. The summed E-state index contributed by atoms with van der Waals surface area (Å²) in [6.07, 6.45) is 2.22. The van der Waals surface area contributed by atoms with Crippen LogP contribution in [-0.4, -0.2) is 23.0 Å². The smallest absolute Gasteiger partial charge is 0.289 e. The highest BCUT2D eigenvalue weighted by molar-refractivity contribution is 5.93. The average Bonchev–Trinajstić information content (AvgIpc) is 3.31. The summed E-state index contributed by atoms with van der Waals surface area (Å²) in [5.74, 6) is 0.939. The van der Waals surface area contributed by atoms with Crippen LogP contribution in [-0.2, 0) is 0 Å². The Bertz CT molecular complexity index is 676. The molecule has 1 amide bonds. The average molecular weight is 299 g/mol. The second kappa shape index (κ2) is 5.57. The van der Waals surface area contributed by atoms with Crippen molar-refractivity contribution in [2.75, 3.05) is 6.54 Å². The van der Waals surface area contributed by atoms with Crippen LogP contribution in [0.4, 0.5) is 0 Å². The first-order valence-electron chi connectivity index (χ1n) is 7.59. The monoisotopic (exact) mass is 299 g/mol. The fourth-order valence-corrected chi connectivity index (χ4v) is 2.67. The third-order valence-electron chi connectivity index (χ3n) is 4.33. The minimum absolute atomic E-state index is 0.243. The van der Waals surface area contributed by atoms with Crippen LogP contribution in [0.5, 0.6) is 0 Å². The van der Waals surface area contributed by atoms with E-state index >= 15 is 0 Å². The van der Waals surface area contributed by atoms with Gasteiger partial charge < -0.3 is 15.5 Å². The number of carbonyl (C=O) groups excluding carboxylic acids is 1. The van der Waals surface area contributed by atoms with Crippen molar-refractivity contribution in [3.8, 4) is 11.5 Å². The zero-order chi connectivity index (χ0) is 15.7. The zero-order valence-corrected chi connectivity index (χ0v) is 12.9. The molecule has 3 rings (SSSR count). The number of aryl methyl sites for hydroxylation is 1. The van der Waals surface area contributed by atoms with Crippen LogP contribution in [0.3, 0.4) is 0 Å². The Morgan fingerprint density at radius 2 is 2.09 bits per heavy atom. The van der Waals surface area contributed by atoms with Crippen molar-refractivity contribution in [3.05, 3.63) is 41.8 Å². The van der Waals surface area contributed by atoms with Gasteiger partial charge in [-0.05, 0) is 44.7 Å². The summed E-state index contributed by atoms with van der Waals surface area (Å²) in [7, 11) is 0. The Morgan fingerprint density at radius 3 is 2.68 bits per heavy atom. The number of carbonyl (C=O) groups is 1. The SMILES string of the molecule is Cc1nc(-c2ccccc2)oc1C(=O)NC(C)(CN)C1CC1. The lowest BCUT2D eigenvalue weighted by molar-refractivity contribution is 0.0869. The molecule has 0 spiro atoms. The molecule has 116 valence electrons. The molecular weight excluding hydrogens is 278 g/mol. The van der Waals surface area contributed by atoms with E-state index in [1.54, 1.807) is 6.92 Å². The Labute approximate surface area is 129 Å². The van der Waals surface area contributed by atoms with Gasteiger partial charge in [0.05, 0.1) is 11.2 Å². The molecule has 1 saturated carbocycles. The van der Waals surface area contributed by atoms with Crippen molar-refractivity contribution in [2.24, 2.45) is 11.7 Å². The second-order valence-electron chi connectivity index (χ2n) is 6.15. The third-order valence-corrected chi connectivity index (χ3v) is 4.33. The Balaban J connectivity index is 1.83. The molecule has 1 aliphatic rings. The number of oxazole rings is 1. The molecule has 1 unspecified atom stereocenters. The molecule has 0 aliphatic heterocycles. The summed E-state index contributed by atoms with van der Waals surface area (Å²) in [6, 6.07) is 9.55. The summed E-state index contributed by atoms with van der Waals surface area (Å²) < 4.78 is 5.69. The van der Waals surface area contributed by atoms with Gasteiger partial charge in [0.25, 0.3) is 5.91 Å². The number of amides is 1. The first-order chi connectivity index (χ1) is 10.5. The molecule has 1 aromatic carbocycles. The predicted molar refractivity (Wildman–Crippen MR) is 84.3 cm³/mol. The number of hydrogen-bond acceptors (Lipinski definition) is 4. The van der Waals surface area contributed by atoms with Gasteiger partial charge in [-0.15, -0.1) is 0 Å². The van der Waals surface area contributed by atoms with Gasteiger partial charge in [0, 0.05) is 12.1 Å². The molecule has 3 N–H and O–H groups in total. The molecule has 5 heteroatoms. The predicted octanol–water partition coefficient (Wildman–Crippen LogP) is 2.51. The Hall–Kier alpha value is -2.14. The summed E-state index contributed by atoms with van der Waals surface area (Å²) >= 11 is 0. The molecule has 2 aromatic rings. The lowest BCUT2D eigenvalue weighted by Gasteiger charge is -2.29. The van der Waals surface area contributed by atoms with E-state index < -0.39 is 0 Å². The van der Waals surface area contributed by atoms with Gasteiger partial charge >= 0.3 is 0 Å². The summed E-state index contributed by atoms with van der Waals surface area (Å²) in [5, 5.41) is 3.03. The van der Waals surface area contributed by atoms with Crippen molar-refractivity contribution < 1.29 is 9.21 Å². The normalized spacial score (nSPS) is 17.0. The summed E-state index contributed by atoms with van der Waals surface area (Å²) in [5.41, 5.74) is 6.92. The van der Waals surface area contributed by atoms with Crippen LogP contribution < -0.4 is 11.1 Å². The zero-order valence-electron chi connectivity index (χ0n) is 12.9. The molecule has 0 bridgehead atoms. The minimum Gasteiger partial charge on any atom is -0.431 e. The first-order valence-corrected chi connectivity index (χ1v) is 7.59. The maximum Gasteiger partial charge on any atom is 0.289 e. The van der Waals surface area contributed by atoms with Gasteiger partial charge in [-0.2, -0.15) is 0 Å². The molecule has 5 nitrogen and oxygen atoms in total. The molecule has 1 heterocycles. The largest absolute Gasteiger partial charge is 0.431 e. The van der Waals surface area contributed by atoms with E-state index in [-0.39, 0.29) is 17.2 Å². The number of nitrogens with one attached hydrogen (secondary N) is 1. The lowest BCUT2D eigenvalue weighted by atomic mass is 9.96. The number of benzene rings is 1. The van der Waals surface area contributed by atoms with Crippen molar-refractivity contribution in [1.29, 1.82) is 0 Å². The highest BCUT2D eigenvalue weighted by Gasteiger charge is 2.42. The standard InChI is InChI=1S/C17H21N3O2/c1-11-14(15(21)20-17(2,10-18)13-8-9-13)22-16(19-11)12-6-4-3-5-7-12/h3-7,13H,8-10,18H2,1-2H3,(H,20,21). The van der Waals surface area contributed by atoms with Gasteiger partial charge in [0.2, 0.25) is 11.7 Å². The third kappa shape index (κ3) is 2.76. The van der Waals surface area contributed by atoms with E-state index in [1.807, 2.05) is 37.3 Å². The summed E-state index contributed by atoms with van der Waals surface area (Å²) in [6.45, 7) is 4.19. The molecule has 1 fully saturated rings. The van der Waals surface area contributed by atoms with Crippen LogP contribution in [0.25, 0.3) is 11.5 Å². The van der Waals surface area contributed by atoms with Gasteiger partial charge in [0.15, 0.2) is 0 Å². The molecular formula is C17H21N3O2. The fourth-order valence-electron chi connectivity index (χ4n) is 2.67. The molecule has 1 aliphatic carbocycles. The van der Waals surface area contributed by atoms with Gasteiger partial charge in [0.1, 0.15) is 0 Å². The van der Waals surface area contributed by atoms with Crippen molar-refractivity contribution in [1.82, 2.24) is 10.3 Å². The van der Waals surface area contributed by atoms with E-state index in [9.17, 15) is 4.79 Å². The lowest BCUT2D eigenvalue weighted by Crippen LogP contribution is -2.53. The van der Waals surface area contributed by atoms with Crippen molar-refractivity contribution >= 4 is 5.91 Å². The number of nitrogens with zero attached hydrogens (tertiary/aromatic N) is 1. The van der Waals surface area contributed by atoms with E-state index in [4.69, 9.17) is 10.2 Å². The Morgan fingerprint density at radius 1 is 1.41 bits per heavy atom. The van der Waals surface area contributed by atoms with E-state index in [0.717, 1.165) is 18.4 Å². The van der Waals surface area contributed by atoms with Crippen molar-refractivity contribution in [2.45, 2.75) is 32.2 Å². The summed E-state index contributed by atoms with van der Waals surface area (Å²) in [4.78, 5) is 16.9. The first kappa shape index (κ1) is 14.8. The second-order valence-corrected chi connectivity index (χ2v) is 6.15.